The molecule has 1 N–H and O–H groups in total. The first-order valence-corrected chi connectivity index (χ1v) is 5.41. The van der Waals surface area contributed by atoms with Crippen LogP contribution >= 0.6 is 15.9 Å². The van der Waals surface area contributed by atoms with E-state index in [-0.39, 0.29) is 11.5 Å². The first-order valence-electron chi connectivity index (χ1n) is 4.62. The van der Waals surface area contributed by atoms with Crippen LogP contribution in [0.1, 0.15) is 26.0 Å². The van der Waals surface area contributed by atoms with Gasteiger partial charge in [0.05, 0.1) is 0 Å². The number of carbonyl (C=O) groups excluding carboxylic acids is 1. The maximum absolute atomic E-state index is 11.4. The number of halogens is 1. The molecule has 0 aliphatic heterocycles. The van der Waals surface area contributed by atoms with Gasteiger partial charge in [0, 0.05) is 12.0 Å². The van der Waals surface area contributed by atoms with Crippen LogP contribution < -0.4 is 0 Å². The molecule has 0 aromatic carbocycles. The molecule has 0 amide bonds. The molecule has 0 fully saturated rings. The second-order valence-electron chi connectivity index (χ2n) is 3.10. The minimum atomic E-state index is -0.0747. The fourth-order valence-corrected chi connectivity index (χ4v) is 1.47. The number of rotatable bonds is 3. The summed E-state index contributed by atoms with van der Waals surface area (Å²) in [5, 5.41) is 9.79. The van der Waals surface area contributed by atoms with Crippen LogP contribution in [0.2, 0.25) is 0 Å². The highest BCUT2D eigenvalue weighted by atomic mass is 79.9. The lowest BCUT2D eigenvalue weighted by molar-refractivity contribution is -0.115. The number of ketones is 1. The molecule has 15 heavy (non-hydrogen) atoms. The molecule has 4 heteroatoms. The summed E-state index contributed by atoms with van der Waals surface area (Å²) in [6.45, 7) is 3.36. The molecule has 0 saturated heterocycles. The van der Waals surface area contributed by atoms with Gasteiger partial charge in [-0.2, -0.15) is 0 Å². The molecule has 1 heterocycles. The molecule has 0 radical (unpaired) electrons. The van der Waals surface area contributed by atoms with Gasteiger partial charge in [-0.15, -0.1) is 0 Å². The molecule has 0 spiro atoms. The molecular formula is C11H12BrNO2. The van der Waals surface area contributed by atoms with Crippen molar-refractivity contribution in [1.29, 1.82) is 0 Å². The van der Waals surface area contributed by atoms with Crippen molar-refractivity contribution in [3.05, 3.63) is 34.1 Å². The summed E-state index contributed by atoms with van der Waals surface area (Å²) >= 11 is 3.20. The lowest BCUT2D eigenvalue weighted by atomic mass is 10.1. The molecule has 3 nitrogen and oxygen atoms in total. The van der Waals surface area contributed by atoms with Crippen molar-refractivity contribution in [1.82, 2.24) is 4.98 Å². The van der Waals surface area contributed by atoms with E-state index in [4.69, 9.17) is 0 Å². The third kappa shape index (κ3) is 2.89. The highest BCUT2D eigenvalue weighted by Crippen LogP contribution is 2.17. The predicted octanol–water partition coefficient (Wildman–Crippen LogP) is 3.11. The Kier molecular flexibility index (Phi) is 4.03. The van der Waals surface area contributed by atoms with Gasteiger partial charge in [-0.05, 0) is 35.0 Å². The largest absolute Gasteiger partial charge is 0.505 e. The van der Waals surface area contributed by atoms with E-state index in [0.717, 1.165) is 0 Å². The fraction of sp³-hybridized carbons (Fsp3) is 0.273. The lowest BCUT2D eigenvalue weighted by Gasteiger charge is -2.04. The van der Waals surface area contributed by atoms with E-state index in [1.54, 1.807) is 32.0 Å². The minimum Gasteiger partial charge on any atom is -0.505 e. The van der Waals surface area contributed by atoms with E-state index >= 15 is 0 Å². The third-order valence-corrected chi connectivity index (χ3v) is 2.49. The molecule has 0 saturated carbocycles. The van der Waals surface area contributed by atoms with E-state index in [1.807, 2.05) is 0 Å². The Morgan fingerprint density at radius 3 is 2.73 bits per heavy atom. The molecule has 0 aliphatic carbocycles. The van der Waals surface area contributed by atoms with Crippen molar-refractivity contribution in [3.8, 4) is 0 Å². The van der Waals surface area contributed by atoms with Crippen molar-refractivity contribution < 1.29 is 9.90 Å². The molecule has 0 unspecified atom stereocenters. The Balaban J connectivity index is 3.13. The Labute approximate surface area is 97.0 Å². The number of aromatic nitrogens is 1. The molecule has 1 aromatic rings. The zero-order valence-electron chi connectivity index (χ0n) is 8.62. The second kappa shape index (κ2) is 5.07. The summed E-state index contributed by atoms with van der Waals surface area (Å²) in [6.07, 6.45) is 0.379. The van der Waals surface area contributed by atoms with Crippen LogP contribution in [0, 0.1) is 0 Å². The summed E-state index contributed by atoms with van der Waals surface area (Å²) in [7, 11) is 0. The summed E-state index contributed by atoms with van der Waals surface area (Å²) in [4.78, 5) is 15.4. The summed E-state index contributed by atoms with van der Waals surface area (Å²) in [5.74, 6) is -0.127. The summed E-state index contributed by atoms with van der Waals surface area (Å²) < 4.78 is 0.628. The summed E-state index contributed by atoms with van der Waals surface area (Å²) in [5.41, 5.74) is 0.756. The highest BCUT2D eigenvalue weighted by Gasteiger charge is 2.11. The van der Waals surface area contributed by atoms with Gasteiger partial charge in [0.15, 0.2) is 5.78 Å². The van der Waals surface area contributed by atoms with Gasteiger partial charge in [-0.3, -0.25) is 4.79 Å². The third-order valence-electron chi connectivity index (χ3n) is 2.05. The minimum absolute atomic E-state index is 0.0526. The Bertz CT molecular complexity index is 413. The first kappa shape index (κ1) is 11.9. The molecule has 0 bridgehead atoms. The van der Waals surface area contributed by atoms with Crippen LogP contribution in [0.4, 0.5) is 0 Å². The van der Waals surface area contributed by atoms with Crippen LogP contribution in [0.5, 0.6) is 0 Å². The number of pyridine rings is 1. The average Bonchev–Trinajstić information content (AvgIpc) is 2.26. The smallest absolute Gasteiger partial charge is 0.162 e. The van der Waals surface area contributed by atoms with E-state index < -0.39 is 0 Å². The zero-order chi connectivity index (χ0) is 11.4. The monoisotopic (exact) mass is 269 g/mol. The van der Waals surface area contributed by atoms with Gasteiger partial charge in [-0.1, -0.05) is 13.0 Å². The van der Waals surface area contributed by atoms with Crippen molar-refractivity contribution in [2.45, 2.75) is 20.3 Å². The van der Waals surface area contributed by atoms with Gasteiger partial charge in [0.1, 0.15) is 16.1 Å². The number of hydrogen-bond donors (Lipinski definition) is 1. The normalized spacial score (nSPS) is 12.2. The standard InChI is InChI=1S/C11H12BrNO2/c1-3-9(14)7(2)11(15)8-5-4-6-10(12)13-8/h4-6,15H,3H2,1-2H3. The summed E-state index contributed by atoms with van der Waals surface area (Å²) in [6, 6.07) is 5.17. The van der Waals surface area contributed by atoms with E-state index in [9.17, 15) is 9.90 Å². The van der Waals surface area contributed by atoms with Gasteiger partial charge < -0.3 is 5.11 Å². The van der Waals surface area contributed by atoms with Gasteiger partial charge >= 0.3 is 0 Å². The van der Waals surface area contributed by atoms with E-state index in [2.05, 4.69) is 20.9 Å². The molecule has 0 aliphatic rings. The number of Topliss-reactive ketones (excluding diaryl/α,β-unsaturated/α-hetero) is 1. The van der Waals surface area contributed by atoms with Crippen molar-refractivity contribution >= 4 is 27.5 Å². The maximum Gasteiger partial charge on any atom is 0.162 e. The Morgan fingerprint density at radius 2 is 2.20 bits per heavy atom. The zero-order valence-corrected chi connectivity index (χ0v) is 10.2. The SMILES string of the molecule is CCC(=O)C(C)=C(O)c1cccc(Br)n1. The van der Waals surface area contributed by atoms with Crippen molar-refractivity contribution in [2.24, 2.45) is 0 Å². The fourth-order valence-electron chi connectivity index (χ4n) is 1.13. The van der Waals surface area contributed by atoms with Crippen LogP contribution in [0.25, 0.3) is 5.76 Å². The predicted molar refractivity (Wildman–Crippen MR) is 62.5 cm³/mol. The topological polar surface area (TPSA) is 50.2 Å². The molecule has 1 aromatic heterocycles. The van der Waals surface area contributed by atoms with Gasteiger partial charge in [0.25, 0.3) is 0 Å². The quantitative estimate of drug-likeness (QED) is 0.521. The van der Waals surface area contributed by atoms with E-state index in [1.165, 1.54) is 0 Å². The molecular weight excluding hydrogens is 258 g/mol. The van der Waals surface area contributed by atoms with Crippen LogP contribution in [-0.2, 0) is 4.79 Å². The van der Waals surface area contributed by atoms with Gasteiger partial charge in [-0.25, -0.2) is 4.98 Å². The van der Waals surface area contributed by atoms with Crippen LogP contribution in [0.3, 0.4) is 0 Å². The number of allylic oxidation sites excluding steroid dienone is 1. The number of aliphatic hydroxyl groups is 1. The van der Waals surface area contributed by atoms with Crippen molar-refractivity contribution in [3.63, 3.8) is 0 Å². The maximum atomic E-state index is 11.4. The molecule has 1 rings (SSSR count). The molecule has 0 atom stereocenters. The van der Waals surface area contributed by atoms with E-state index in [0.29, 0.717) is 22.3 Å². The number of hydrogen-bond acceptors (Lipinski definition) is 3. The average molecular weight is 270 g/mol. The number of carbonyl (C=O) groups is 1. The Morgan fingerprint density at radius 1 is 1.53 bits per heavy atom. The number of nitrogens with zero attached hydrogens (tertiary/aromatic N) is 1. The lowest BCUT2D eigenvalue weighted by Crippen LogP contribution is -2.02. The second-order valence-corrected chi connectivity index (χ2v) is 3.91. The van der Waals surface area contributed by atoms with Crippen molar-refractivity contribution in [2.75, 3.05) is 0 Å². The highest BCUT2D eigenvalue weighted by molar-refractivity contribution is 9.10. The molecule has 80 valence electrons. The first-order chi connectivity index (χ1) is 7.06. The Hall–Kier alpha value is -1.16. The van der Waals surface area contributed by atoms with Gasteiger partial charge in [0.2, 0.25) is 0 Å². The number of aliphatic hydroxyl groups excluding tert-OH is 1. The van der Waals surface area contributed by atoms with Crippen LogP contribution in [-0.4, -0.2) is 15.9 Å². The van der Waals surface area contributed by atoms with Crippen LogP contribution in [0.15, 0.2) is 28.4 Å².